The van der Waals surface area contributed by atoms with Gasteiger partial charge in [0.25, 0.3) is 11.8 Å². The highest BCUT2D eigenvalue weighted by atomic mass is 35.5. The van der Waals surface area contributed by atoms with E-state index in [9.17, 15) is 14.7 Å². The Labute approximate surface area is 176 Å². The van der Waals surface area contributed by atoms with Crippen LogP contribution in [0, 0.1) is 0 Å². The minimum absolute atomic E-state index is 0.0624. The zero-order chi connectivity index (χ0) is 20.8. The zero-order valence-corrected chi connectivity index (χ0v) is 16.5. The van der Waals surface area contributed by atoms with Gasteiger partial charge in [-0.3, -0.25) is 25.8 Å². The molecule has 2 amide bonds. The summed E-state index contributed by atoms with van der Waals surface area (Å²) in [6.45, 7) is -0.315. The second-order valence-electron chi connectivity index (χ2n) is 5.89. The van der Waals surface area contributed by atoms with Gasteiger partial charge in [-0.2, -0.15) is 0 Å². The van der Waals surface area contributed by atoms with Gasteiger partial charge in [0.1, 0.15) is 11.5 Å². The van der Waals surface area contributed by atoms with Crippen LogP contribution in [0.3, 0.4) is 0 Å². The van der Waals surface area contributed by atoms with Crippen LogP contribution in [0.4, 0.5) is 0 Å². The van der Waals surface area contributed by atoms with Gasteiger partial charge in [-0.1, -0.05) is 48.0 Å². The Morgan fingerprint density at radius 3 is 2.38 bits per heavy atom. The van der Waals surface area contributed by atoms with Crippen LogP contribution in [-0.4, -0.2) is 28.6 Å². The number of para-hydroxylation sites is 1. The number of aromatic hydroxyl groups is 1. The topological polar surface area (TPSA) is 99.7 Å². The molecule has 0 unspecified atom stereocenters. The molecule has 3 rings (SSSR count). The summed E-state index contributed by atoms with van der Waals surface area (Å²) in [6.07, 6.45) is 0. The Balaban J connectivity index is 1.51. The molecule has 0 saturated heterocycles. The summed E-state index contributed by atoms with van der Waals surface area (Å²) in [6, 6.07) is 17.1. The summed E-state index contributed by atoms with van der Waals surface area (Å²) in [5.74, 6) is -0.961. The van der Waals surface area contributed by atoms with Crippen LogP contribution in [-0.2, 0) is 4.79 Å². The molecule has 0 atom stereocenters. The number of halogens is 1. The third-order valence-electron chi connectivity index (χ3n) is 3.85. The normalized spacial score (nSPS) is 10.2. The lowest BCUT2D eigenvalue weighted by Gasteiger charge is -2.12. The average molecular weight is 430 g/mol. The Bertz CT molecular complexity index is 1090. The van der Waals surface area contributed by atoms with E-state index in [0.717, 1.165) is 10.8 Å². The molecule has 3 aromatic rings. The molecule has 0 fully saturated rings. The van der Waals surface area contributed by atoms with Crippen LogP contribution in [0.5, 0.6) is 11.5 Å². The number of hydrazine groups is 1. The number of rotatable bonds is 4. The van der Waals surface area contributed by atoms with Crippen molar-refractivity contribution in [2.24, 2.45) is 0 Å². The summed E-state index contributed by atoms with van der Waals surface area (Å²) in [5, 5.41) is 14.3. The first kappa shape index (κ1) is 20.4. The molecule has 9 heteroatoms. The first-order valence-corrected chi connectivity index (χ1v) is 9.22. The van der Waals surface area contributed by atoms with Gasteiger partial charge < -0.3 is 9.84 Å². The van der Waals surface area contributed by atoms with Gasteiger partial charge in [0.2, 0.25) is 0 Å². The van der Waals surface area contributed by atoms with E-state index >= 15 is 0 Å². The van der Waals surface area contributed by atoms with E-state index in [4.69, 9.17) is 28.6 Å². The van der Waals surface area contributed by atoms with Crippen LogP contribution in [0.1, 0.15) is 10.4 Å². The highest BCUT2D eigenvalue weighted by Gasteiger charge is 2.13. The zero-order valence-electron chi connectivity index (χ0n) is 14.9. The molecular weight excluding hydrogens is 414 g/mol. The fourth-order valence-corrected chi connectivity index (χ4v) is 2.85. The van der Waals surface area contributed by atoms with Gasteiger partial charge in [0, 0.05) is 0 Å². The number of hydrogen-bond donors (Lipinski definition) is 4. The van der Waals surface area contributed by atoms with E-state index in [1.807, 2.05) is 24.3 Å². The third kappa shape index (κ3) is 5.34. The predicted octanol–water partition coefficient (Wildman–Crippen LogP) is 2.91. The van der Waals surface area contributed by atoms with Crippen molar-refractivity contribution in [3.8, 4) is 11.5 Å². The largest absolute Gasteiger partial charge is 0.507 e. The highest BCUT2D eigenvalue weighted by Crippen LogP contribution is 2.25. The molecule has 0 bridgehead atoms. The second kappa shape index (κ2) is 9.22. The molecule has 0 heterocycles. The molecule has 29 heavy (non-hydrogen) atoms. The van der Waals surface area contributed by atoms with Gasteiger partial charge in [0.05, 0.1) is 10.6 Å². The lowest BCUT2D eigenvalue weighted by Crippen LogP contribution is -2.49. The van der Waals surface area contributed by atoms with Crippen molar-refractivity contribution in [3.05, 3.63) is 71.2 Å². The predicted molar refractivity (Wildman–Crippen MR) is 114 cm³/mol. The Morgan fingerprint density at radius 1 is 1.00 bits per heavy atom. The number of amides is 2. The number of benzene rings is 3. The fraction of sp³-hybridized carbons (Fsp3) is 0.0500. The molecular formula is C20H16ClN3O4S. The molecule has 0 aliphatic heterocycles. The lowest BCUT2D eigenvalue weighted by atomic mass is 10.1. The number of carbonyl (C=O) groups is 2. The van der Waals surface area contributed by atoms with Crippen molar-refractivity contribution < 1.29 is 19.4 Å². The summed E-state index contributed by atoms with van der Waals surface area (Å²) in [7, 11) is 0. The number of phenols is 1. The van der Waals surface area contributed by atoms with E-state index in [2.05, 4.69) is 16.2 Å². The maximum absolute atomic E-state index is 12.3. The van der Waals surface area contributed by atoms with Crippen molar-refractivity contribution in [1.82, 2.24) is 16.2 Å². The monoisotopic (exact) mass is 429 g/mol. The number of nitrogens with one attached hydrogen (secondary N) is 3. The number of phenolic OH excluding ortho intramolecular Hbond substituents is 1. The Morgan fingerprint density at radius 2 is 1.66 bits per heavy atom. The molecule has 4 N–H and O–H groups in total. The van der Waals surface area contributed by atoms with E-state index in [0.29, 0.717) is 10.8 Å². The SMILES string of the molecule is O=C(COc1ccccc1Cl)NC(=S)NNC(=O)c1cc2ccccc2cc1O. The van der Waals surface area contributed by atoms with Crippen molar-refractivity contribution in [2.45, 2.75) is 0 Å². The number of ether oxygens (including phenoxy) is 1. The van der Waals surface area contributed by atoms with E-state index in [1.54, 1.807) is 30.3 Å². The maximum Gasteiger partial charge on any atom is 0.273 e. The average Bonchev–Trinajstić information content (AvgIpc) is 2.71. The molecule has 148 valence electrons. The summed E-state index contributed by atoms with van der Waals surface area (Å²) in [5.41, 5.74) is 4.79. The van der Waals surface area contributed by atoms with Gasteiger partial charge in [-0.15, -0.1) is 0 Å². The quantitative estimate of drug-likeness (QED) is 0.376. The minimum atomic E-state index is -0.614. The van der Waals surface area contributed by atoms with Crippen molar-refractivity contribution in [3.63, 3.8) is 0 Å². The smallest absolute Gasteiger partial charge is 0.273 e. The highest BCUT2D eigenvalue weighted by molar-refractivity contribution is 7.80. The molecule has 7 nitrogen and oxygen atoms in total. The van der Waals surface area contributed by atoms with E-state index in [-0.39, 0.29) is 23.0 Å². The first-order valence-electron chi connectivity index (χ1n) is 8.43. The van der Waals surface area contributed by atoms with E-state index in [1.165, 1.54) is 6.07 Å². The molecule has 0 spiro atoms. The van der Waals surface area contributed by atoms with Gasteiger partial charge in [-0.05, 0) is 47.3 Å². The van der Waals surface area contributed by atoms with Crippen molar-refractivity contribution >= 4 is 51.5 Å². The molecule has 0 aliphatic carbocycles. The molecule has 0 aromatic heterocycles. The minimum Gasteiger partial charge on any atom is -0.507 e. The number of fused-ring (bicyclic) bond motifs is 1. The van der Waals surface area contributed by atoms with Crippen LogP contribution in [0.25, 0.3) is 10.8 Å². The maximum atomic E-state index is 12.3. The number of carbonyl (C=O) groups excluding carboxylic acids is 2. The molecule has 0 saturated carbocycles. The van der Waals surface area contributed by atoms with Crippen LogP contribution >= 0.6 is 23.8 Å². The van der Waals surface area contributed by atoms with Crippen molar-refractivity contribution in [2.75, 3.05) is 6.61 Å². The van der Waals surface area contributed by atoms with Crippen LogP contribution in [0.2, 0.25) is 5.02 Å². The summed E-state index contributed by atoms with van der Waals surface area (Å²) in [4.78, 5) is 24.2. The lowest BCUT2D eigenvalue weighted by molar-refractivity contribution is -0.121. The molecule has 3 aromatic carbocycles. The van der Waals surface area contributed by atoms with Gasteiger partial charge in [0.15, 0.2) is 11.7 Å². The standard InChI is InChI=1S/C20H16ClN3O4S/c21-15-7-3-4-8-17(15)28-11-18(26)22-20(29)24-23-19(27)14-9-12-5-1-2-6-13(12)10-16(14)25/h1-10,25H,11H2,(H,23,27)(H2,22,24,26,29). The summed E-state index contributed by atoms with van der Waals surface area (Å²) < 4.78 is 5.30. The fourth-order valence-electron chi connectivity index (χ4n) is 2.49. The molecule has 0 aliphatic rings. The molecule has 0 radical (unpaired) electrons. The summed E-state index contributed by atoms with van der Waals surface area (Å²) >= 11 is 10.9. The van der Waals surface area contributed by atoms with Crippen molar-refractivity contribution in [1.29, 1.82) is 0 Å². The Kier molecular flexibility index (Phi) is 6.48. The van der Waals surface area contributed by atoms with Crippen LogP contribution < -0.4 is 20.9 Å². The first-order chi connectivity index (χ1) is 13.9. The second-order valence-corrected chi connectivity index (χ2v) is 6.71. The third-order valence-corrected chi connectivity index (χ3v) is 4.36. The van der Waals surface area contributed by atoms with Gasteiger partial charge >= 0.3 is 0 Å². The van der Waals surface area contributed by atoms with Crippen LogP contribution in [0.15, 0.2) is 60.7 Å². The van der Waals surface area contributed by atoms with E-state index < -0.39 is 11.8 Å². The Hall–Kier alpha value is -3.36. The number of thiocarbonyl (C=S) groups is 1. The van der Waals surface area contributed by atoms with Gasteiger partial charge in [-0.25, -0.2) is 0 Å². The number of hydrogen-bond acceptors (Lipinski definition) is 5.